The predicted octanol–water partition coefficient (Wildman–Crippen LogP) is 2.10. The van der Waals surface area contributed by atoms with Crippen molar-refractivity contribution in [2.45, 2.75) is 31.0 Å². The Morgan fingerprint density at radius 3 is 2.55 bits per heavy atom. The molecule has 0 bridgehead atoms. The standard InChI is InChI=1S/C7H13Cl2NO/c1-2-3-4-5-10-7(11)6(8)9/h6H,2-5H2,1H3,(H,10,11). The third kappa shape index (κ3) is 6.45. The summed E-state index contributed by atoms with van der Waals surface area (Å²) in [7, 11) is 0. The minimum Gasteiger partial charge on any atom is -0.354 e. The second kappa shape index (κ2) is 6.74. The molecule has 0 aliphatic carbocycles. The fourth-order valence-electron chi connectivity index (χ4n) is 0.664. The summed E-state index contributed by atoms with van der Waals surface area (Å²) in [5.41, 5.74) is 0. The van der Waals surface area contributed by atoms with Gasteiger partial charge in [-0.25, -0.2) is 0 Å². The Balaban J connectivity index is 3.18. The number of carbonyl (C=O) groups excluding carboxylic acids is 1. The maximum Gasteiger partial charge on any atom is 0.253 e. The van der Waals surface area contributed by atoms with Crippen LogP contribution in [0.25, 0.3) is 0 Å². The number of carbonyl (C=O) groups is 1. The van der Waals surface area contributed by atoms with Crippen LogP contribution in [0.3, 0.4) is 0 Å². The predicted molar refractivity (Wildman–Crippen MR) is 48.0 cm³/mol. The molecule has 0 heterocycles. The molecule has 0 rings (SSSR count). The molecule has 0 saturated heterocycles. The van der Waals surface area contributed by atoms with E-state index < -0.39 is 4.84 Å². The maximum absolute atomic E-state index is 10.7. The number of alkyl halides is 2. The van der Waals surface area contributed by atoms with Crippen LogP contribution in [0.15, 0.2) is 0 Å². The van der Waals surface area contributed by atoms with Gasteiger partial charge in [0, 0.05) is 6.54 Å². The van der Waals surface area contributed by atoms with Crippen molar-refractivity contribution in [3.63, 3.8) is 0 Å². The molecule has 0 unspecified atom stereocenters. The first-order chi connectivity index (χ1) is 5.18. The quantitative estimate of drug-likeness (QED) is 0.531. The maximum atomic E-state index is 10.7. The summed E-state index contributed by atoms with van der Waals surface area (Å²) in [5, 5.41) is 2.61. The Kier molecular flexibility index (Phi) is 6.77. The molecule has 4 heteroatoms. The van der Waals surface area contributed by atoms with Crippen molar-refractivity contribution in [3.05, 3.63) is 0 Å². The van der Waals surface area contributed by atoms with Crippen LogP contribution in [0.2, 0.25) is 0 Å². The van der Waals surface area contributed by atoms with Gasteiger partial charge in [0.25, 0.3) is 5.91 Å². The van der Waals surface area contributed by atoms with Crippen LogP contribution in [-0.4, -0.2) is 17.3 Å². The second-order valence-corrected chi connectivity index (χ2v) is 3.40. The summed E-state index contributed by atoms with van der Waals surface area (Å²) < 4.78 is 0. The molecule has 0 atom stereocenters. The number of nitrogens with one attached hydrogen (secondary N) is 1. The summed E-state index contributed by atoms with van der Waals surface area (Å²) in [6.45, 7) is 2.77. The van der Waals surface area contributed by atoms with E-state index in [-0.39, 0.29) is 5.91 Å². The van der Waals surface area contributed by atoms with Gasteiger partial charge in [-0.2, -0.15) is 0 Å². The Bertz CT molecular complexity index is 117. The first-order valence-electron chi connectivity index (χ1n) is 3.74. The third-order valence-electron chi connectivity index (χ3n) is 1.28. The SMILES string of the molecule is CCCCCNC(=O)C(Cl)Cl. The largest absolute Gasteiger partial charge is 0.354 e. The average molecular weight is 198 g/mol. The van der Waals surface area contributed by atoms with E-state index in [1.54, 1.807) is 0 Å². The van der Waals surface area contributed by atoms with Crippen LogP contribution in [-0.2, 0) is 4.79 Å². The lowest BCUT2D eigenvalue weighted by molar-refractivity contribution is -0.119. The van der Waals surface area contributed by atoms with Gasteiger partial charge in [0.1, 0.15) is 0 Å². The number of hydrogen-bond acceptors (Lipinski definition) is 1. The Morgan fingerprint density at radius 2 is 2.09 bits per heavy atom. The fourth-order valence-corrected chi connectivity index (χ4v) is 0.818. The van der Waals surface area contributed by atoms with E-state index in [0.717, 1.165) is 19.3 Å². The van der Waals surface area contributed by atoms with E-state index in [1.807, 2.05) is 0 Å². The molecule has 0 aromatic heterocycles. The molecule has 0 saturated carbocycles. The molecule has 0 fully saturated rings. The van der Waals surface area contributed by atoms with Gasteiger partial charge in [-0.1, -0.05) is 43.0 Å². The van der Waals surface area contributed by atoms with Crippen molar-refractivity contribution >= 4 is 29.1 Å². The lowest BCUT2D eigenvalue weighted by Crippen LogP contribution is -2.29. The van der Waals surface area contributed by atoms with E-state index in [0.29, 0.717) is 6.54 Å². The van der Waals surface area contributed by atoms with Crippen LogP contribution in [0.5, 0.6) is 0 Å². The summed E-state index contributed by atoms with van der Waals surface area (Å²) in [5.74, 6) is -0.301. The van der Waals surface area contributed by atoms with E-state index in [1.165, 1.54) is 0 Å². The highest BCUT2D eigenvalue weighted by molar-refractivity contribution is 6.53. The highest BCUT2D eigenvalue weighted by Gasteiger charge is 2.08. The Hall–Kier alpha value is 0.0500. The molecule has 11 heavy (non-hydrogen) atoms. The number of unbranched alkanes of at least 4 members (excludes halogenated alkanes) is 2. The zero-order valence-corrected chi connectivity index (χ0v) is 8.08. The van der Waals surface area contributed by atoms with E-state index in [9.17, 15) is 4.79 Å². The molecule has 0 aliphatic rings. The molecule has 0 aromatic rings. The Morgan fingerprint density at radius 1 is 1.45 bits per heavy atom. The van der Waals surface area contributed by atoms with E-state index >= 15 is 0 Å². The van der Waals surface area contributed by atoms with Crippen molar-refractivity contribution < 1.29 is 4.79 Å². The van der Waals surface area contributed by atoms with E-state index in [2.05, 4.69) is 12.2 Å². The van der Waals surface area contributed by atoms with Gasteiger partial charge >= 0.3 is 0 Å². The van der Waals surface area contributed by atoms with Gasteiger partial charge in [0.15, 0.2) is 4.84 Å². The summed E-state index contributed by atoms with van der Waals surface area (Å²) in [4.78, 5) is 9.80. The molecular formula is C7H13Cl2NO. The van der Waals surface area contributed by atoms with Crippen molar-refractivity contribution in [1.29, 1.82) is 0 Å². The highest BCUT2D eigenvalue weighted by Crippen LogP contribution is 2.00. The van der Waals surface area contributed by atoms with E-state index in [4.69, 9.17) is 23.2 Å². The Labute approximate surface area is 77.2 Å². The summed E-state index contributed by atoms with van der Waals surface area (Å²) in [6.07, 6.45) is 3.25. The smallest absolute Gasteiger partial charge is 0.253 e. The summed E-state index contributed by atoms with van der Waals surface area (Å²) in [6, 6.07) is 0. The number of rotatable bonds is 5. The van der Waals surface area contributed by atoms with Crippen LogP contribution >= 0.6 is 23.2 Å². The van der Waals surface area contributed by atoms with Gasteiger partial charge in [0.05, 0.1) is 0 Å². The lowest BCUT2D eigenvalue weighted by Gasteiger charge is -2.03. The fraction of sp³-hybridized carbons (Fsp3) is 0.857. The zero-order chi connectivity index (χ0) is 8.69. The molecular weight excluding hydrogens is 185 g/mol. The second-order valence-electron chi connectivity index (χ2n) is 2.30. The normalized spacial score (nSPS) is 10.2. The van der Waals surface area contributed by atoms with Crippen molar-refractivity contribution in [2.75, 3.05) is 6.54 Å². The van der Waals surface area contributed by atoms with Gasteiger partial charge in [0.2, 0.25) is 0 Å². The summed E-state index contributed by atoms with van der Waals surface area (Å²) >= 11 is 10.6. The first-order valence-corrected chi connectivity index (χ1v) is 4.61. The van der Waals surface area contributed by atoms with Crippen molar-refractivity contribution in [1.82, 2.24) is 5.32 Å². The topological polar surface area (TPSA) is 29.1 Å². The third-order valence-corrected chi connectivity index (χ3v) is 1.67. The molecule has 1 amide bonds. The zero-order valence-electron chi connectivity index (χ0n) is 6.57. The van der Waals surface area contributed by atoms with Crippen LogP contribution in [0.1, 0.15) is 26.2 Å². The van der Waals surface area contributed by atoms with Crippen molar-refractivity contribution in [3.8, 4) is 0 Å². The van der Waals surface area contributed by atoms with Gasteiger partial charge in [-0.3, -0.25) is 4.79 Å². The number of halogens is 2. The molecule has 0 radical (unpaired) electrons. The molecule has 0 spiro atoms. The molecule has 1 N–H and O–H groups in total. The van der Waals surface area contributed by atoms with Crippen LogP contribution < -0.4 is 5.32 Å². The minimum atomic E-state index is -0.934. The highest BCUT2D eigenvalue weighted by atomic mass is 35.5. The van der Waals surface area contributed by atoms with Crippen LogP contribution in [0.4, 0.5) is 0 Å². The number of amides is 1. The minimum absolute atomic E-state index is 0.301. The molecule has 0 aliphatic heterocycles. The monoisotopic (exact) mass is 197 g/mol. The molecule has 2 nitrogen and oxygen atoms in total. The van der Waals surface area contributed by atoms with Gasteiger partial charge in [-0.05, 0) is 6.42 Å². The van der Waals surface area contributed by atoms with Gasteiger partial charge in [-0.15, -0.1) is 0 Å². The first kappa shape index (κ1) is 11.1. The average Bonchev–Trinajstić information content (AvgIpc) is 1.97. The van der Waals surface area contributed by atoms with Crippen LogP contribution in [0, 0.1) is 0 Å². The number of hydrogen-bond donors (Lipinski definition) is 1. The molecule has 66 valence electrons. The van der Waals surface area contributed by atoms with Gasteiger partial charge < -0.3 is 5.32 Å². The lowest BCUT2D eigenvalue weighted by atomic mass is 10.2. The molecule has 0 aromatic carbocycles. The van der Waals surface area contributed by atoms with Crippen molar-refractivity contribution in [2.24, 2.45) is 0 Å².